The fraction of sp³-hybridized carbons (Fsp3) is 0. The lowest BCUT2D eigenvalue weighted by Gasteiger charge is -2.28. The highest BCUT2D eigenvalue weighted by atomic mass is 15.1. The maximum absolute atomic E-state index is 2.41. The van der Waals surface area contributed by atoms with E-state index in [1.165, 1.54) is 54.7 Å². The molecule has 0 saturated heterocycles. The number of fused-ring (bicyclic) bond motifs is 6. The number of rotatable bonds is 6. The second-order valence-corrected chi connectivity index (χ2v) is 13.0. The van der Waals surface area contributed by atoms with E-state index in [1.807, 2.05) is 0 Å². The Morgan fingerprint density at radius 3 is 1.39 bits per heavy atom. The van der Waals surface area contributed by atoms with Gasteiger partial charge in [-0.15, -0.1) is 0 Å². The van der Waals surface area contributed by atoms with Crippen molar-refractivity contribution in [2.24, 2.45) is 0 Å². The van der Waals surface area contributed by atoms with Crippen LogP contribution in [0, 0.1) is 0 Å². The van der Waals surface area contributed by atoms with E-state index in [4.69, 9.17) is 0 Å². The number of hydrogen-bond acceptors (Lipinski definition) is 1. The number of para-hydroxylation sites is 5. The zero-order valence-electron chi connectivity index (χ0n) is 27.9. The summed E-state index contributed by atoms with van der Waals surface area (Å²) in [4.78, 5) is 2.41. The number of anilines is 3. The van der Waals surface area contributed by atoms with Crippen LogP contribution < -0.4 is 4.90 Å². The van der Waals surface area contributed by atoms with Crippen LogP contribution in [0.15, 0.2) is 200 Å². The van der Waals surface area contributed by atoms with E-state index in [1.54, 1.807) is 0 Å². The average Bonchev–Trinajstić information content (AvgIpc) is 3.72. The van der Waals surface area contributed by atoms with Crippen LogP contribution >= 0.6 is 0 Å². The SMILES string of the molecule is c1ccc(-c2ccccc2N(c2ccc(-n3c4ccccc4c4ccccc43)cc2)c2ccc3c4ccccc4n(-c4ccccc4)c3c2)cc1. The first-order chi connectivity index (χ1) is 25.3. The van der Waals surface area contributed by atoms with Gasteiger partial charge in [0.15, 0.2) is 0 Å². The maximum Gasteiger partial charge on any atom is 0.0561 e. The van der Waals surface area contributed by atoms with Crippen molar-refractivity contribution in [2.45, 2.75) is 0 Å². The molecule has 0 saturated carbocycles. The fourth-order valence-electron chi connectivity index (χ4n) is 7.86. The predicted molar refractivity (Wildman–Crippen MR) is 215 cm³/mol. The molecular weight excluding hydrogens is 619 g/mol. The minimum atomic E-state index is 1.09. The van der Waals surface area contributed by atoms with E-state index in [-0.39, 0.29) is 0 Å². The predicted octanol–water partition coefficient (Wildman–Crippen LogP) is 13.0. The standard InChI is InChI=1S/C48H33N3/c1-3-15-34(16-4-1)39-19-7-11-23-44(39)49(36-27-29-37(30-28-36)50-45-24-12-8-20-40(45)41-21-9-13-25-46(41)50)38-31-32-43-42-22-10-14-26-47(42)51(48(43)33-38)35-17-5-2-6-18-35/h1-33H. The molecule has 0 unspecified atom stereocenters. The van der Waals surface area contributed by atoms with Crippen molar-refractivity contribution in [3.8, 4) is 22.5 Å². The molecule has 0 aliphatic rings. The minimum Gasteiger partial charge on any atom is -0.310 e. The molecule has 3 nitrogen and oxygen atoms in total. The lowest BCUT2D eigenvalue weighted by molar-refractivity contribution is 1.17. The van der Waals surface area contributed by atoms with Crippen LogP contribution in [0.3, 0.4) is 0 Å². The molecule has 0 N–H and O–H groups in total. The van der Waals surface area contributed by atoms with Gasteiger partial charge in [0.1, 0.15) is 0 Å². The van der Waals surface area contributed by atoms with Gasteiger partial charge < -0.3 is 14.0 Å². The third-order valence-electron chi connectivity index (χ3n) is 10.1. The molecule has 10 aromatic rings. The van der Waals surface area contributed by atoms with Crippen molar-refractivity contribution >= 4 is 60.7 Å². The second kappa shape index (κ2) is 11.9. The summed E-state index contributed by atoms with van der Waals surface area (Å²) in [5.74, 6) is 0. The normalized spacial score (nSPS) is 11.5. The Morgan fingerprint density at radius 1 is 0.314 bits per heavy atom. The van der Waals surface area contributed by atoms with Gasteiger partial charge >= 0.3 is 0 Å². The molecule has 2 heterocycles. The summed E-state index contributed by atoms with van der Waals surface area (Å²) < 4.78 is 4.77. The second-order valence-electron chi connectivity index (χ2n) is 13.0. The van der Waals surface area contributed by atoms with Gasteiger partial charge in [0.25, 0.3) is 0 Å². The van der Waals surface area contributed by atoms with Crippen LogP contribution in [0.1, 0.15) is 0 Å². The molecule has 0 radical (unpaired) electrons. The lowest BCUT2D eigenvalue weighted by Crippen LogP contribution is -2.11. The number of nitrogens with zero attached hydrogens (tertiary/aromatic N) is 3. The van der Waals surface area contributed by atoms with Crippen LogP contribution in [0.4, 0.5) is 17.1 Å². The van der Waals surface area contributed by atoms with E-state index < -0.39 is 0 Å². The lowest BCUT2D eigenvalue weighted by atomic mass is 10.0. The molecule has 51 heavy (non-hydrogen) atoms. The smallest absolute Gasteiger partial charge is 0.0561 e. The van der Waals surface area contributed by atoms with E-state index in [0.717, 1.165) is 28.4 Å². The highest BCUT2D eigenvalue weighted by Crippen LogP contribution is 2.43. The molecule has 8 aromatic carbocycles. The molecule has 10 rings (SSSR count). The molecule has 0 spiro atoms. The van der Waals surface area contributed by atoms with E-state index in [9.17, 15) is 0 Å². The van der Waals surface area contributed by atoms with Gasteiger partial charge in [0, 0.05) is 49.9 Å². The highest BCUT2D eigenvalue weighted by molar-refractivity contribution is 6.11. The molecular formula is C48H33N3. The summed E-state index contributed by atoms with van der Waals surface area (Å²) in [6.45, 7) is 0. The Balaban J connectivity index is 1.20. The van der Waals surface area contributed by atoms with Gasteiger partial charge in [-0.05, 0) is 78.4 Å². The topological polar surface area (TPSA) is 13.1 Å². The molecule has 0 amide bonds. The molecule has 2 aromatic heterocycles. The number of hydrogen-bond donors (Lipinski definition) is 0. The van der Waals surface area contributed by atoms with Crippen LogP contribution in [0.2, 0.25) is 0 Å². The highest BCUT2D eigenvalue weighted by Gasteiger charge is 2.20. The molecule has 240 valence electrons. The Hall–Kier alpha value is -6.84. The van der Waals surface area contributed by atoms with Gasteiger partial charge in [-0.3, -0.25) is 0 Å². The van der Waals surface area contributed by atoms with Crippen molar-refractivity contribution in [1.29, 1.82) is 0 Å². The van der Waals surface area contributed by atoms with E-state index in [2.05, 4.69) is 214 Å². The molecule has 0 fully saturated rings. The molecule has 0 atom stereocenters. The monoisotopic (exact) mass is 651 g/mol. The van der Waals surface area contributed by atoms with Crippen molar-refractivity contribution in [3.63, 3.8) is 0 Å². The molecule has 0 bridgehead atoms. The zero-order chi connectivity index (χ0) is 33.7. The molecule has 0 aliphatic carbocycles. The van der Waals surface area contributed by atoms with Crippen molar-refractivity contribution in [2.75, 3.05) is 4.90 Å². The van der Waals surface area contributed by atoms with Crippen LogP contribution in [0.25, 0.3) is 66.1 Å². The summed E-state index contributed by atoms with van der Waals surface area (Å²) in [5, 5.41) is 5.00. The summed E-state index contributed by atoms with van der Waals surface area (Å²) in [7, 11) is 0. The minimum absolute atomic E-state index is 1.09. The summed E-state index contributed by atoms with van der Waals surface area (Å²) in [6, 6.07) is 72.1. The van der Waals surface area contributed by atoms with Gasteiger partial charge in [-0.1, -0.05) is 127 Å². The largest absolute Gasteiger partial charge is 0.310 e. The Morgan fingerprint density at radius 2 is 0.765 bits per heavy atom. The summed E-state index contributed by atoms with van der Waals surface area (Å²) in [6.07, 6.45) is 0. The van der Waals surface area contributed by atoms with Gasteiger partial charge in [0.05, 0.1) is 27.8 Å². The Bertz CT molecular complexity index is 2790. The van der Waals surface area contributed by atoms with Crippen molar-refractivity contribution in [1.82, 2.24) is 9.13 Å². The molecule has 3 heteroatoms. The fourth-order valence-corrected chi connectivity index (χ4v) is 7.86. The summed E-state index contributed by atoms with van der Waals surface area (Å²) in [5.41, 5.74) is 12.7. The number of aromatic nitrogens is 2. The number of benzene rings is 8. The first-order valence-corrected chi connectivity index (χ1v) is 17.5. The van der Waals surface area contributed by atoms with Crippen LogP contribution in [-0.2, 0) is 0 Å². The molecule has 0 aliphatic heterocycles. The van der Waals surface area contributed by atoms with Crippen LogP contribution in [0.5, 0.6) is 0 Å². The average molecular weight is 652 g/mol. The maximum atomic E-state index is 2.41. The summed E-state index contributed by atoms with van der Waals surface area (Å²) >= 11 is 0. The zero-order valence-corrected chi connectivity index (χ0v) is 27.9. The first-order valence-electron chi connectivity index (χ1n) is 17.5. The van der Waals surface area contributed by atoms with Gasteiger partial charge in [0.2, 0.25) is 0 Å². The quantitative estimate of drug-likeness (QED) is 0.174. The third-order valence-corrected chi connectivity index (χ3v) is 10.1. The van der Waals surface area contributed by atoms with E-state index >= 15 is 0 Å². The Labute approximate surface area is 296 Å². The Kier molecular flexibility index (Phi) is 6.81. The van der Waals surface area contributed by atoms with E-state index in [0.29, 0.717) is 0 Å². The van der Waals surface area contributed by atoms with Gasteiger partial charge in [-0.2, -0.15) is 0 Å². The van der Waals surface area contributed by atoms with Crippen molar-refractivity contribution < 1.29 is 0 Å². The third kappa shape index (κ3) is 4.74. The first kappa shape index (κ1) is 29.1. The van der Waals surface area contributed by atoms with Crippen LogP contribution in [-0.4, -0.2) is 9.13 Å². The van der Waals surface area contributed by atoms with Crippen molar-refractivity contribution in [3.05, 3.63) is 200 Å². The van der Waals surface area contributed by atoms with Gasteiger partial charge in [-0.25, -0.2) is 0 Å².